The highest BCUT2D eigenvalue weighted by molar-refractivity contribution is 6.03. The first-order valence-electron chi connectivity index (χ1n) is 11.5. The summed E-state index contributed by atoms with van der Waals surface area (Å²) in [5, 5.41) is 15.6. The number of unbranched alkanes of at least 4 members (excludes halogenated alkanes) is 2. The third kappa shape index (κ3) is 15.6. The van der Waals surface area contributed by atoms with E-state index in [1.807, 2.05) is 50.3 Å². The second-order valence-electron chi connectivity index (χ2n) is 7.15. The standard InChI is InChI=1S/C16H22O4.C8H8.C4H4O4/c1-3-5-11-19-15(17)13-9-7-8-10-14(13)16(18)20-12-6-4-2;1-2-8-6-4-3-5-7-8;5-3(6)1-2-4(7)8/h7-10H,3-6,11-12H2,1-2H3;2-7H,1H2;1-2H,(H,5,6)(H,7,8). The van der Waals surface area contributed by atoms with Crippen LogP contribution < -0.4 is 0 Å². The number of ether oxygens (including phenoxy) is 2. The van der Waals surface area contributed by atoms with Crippen LogP contribution in [0.15, 0.2) is 73.3 Å². The maximum absolute atomic E-state index is 11.9. The minimum Gasteiger partial charge on any atom is -0.478 e. The van der Waals surface area contributed by atoms with E-state index in [-0.39, 0.29) is 11.1 Å². The Labute approximate surface area is 211 Å². The van der Waals surface area contributed by atoms with Crippen LogP contribution in [0.25, 0.3) is 6.08 Å². The SMILES string of the molecule is C=Cc1ccccc1.CCCCOC(=O)c1ccccc1C(=O)OCCCC.O=C(O)C=CC(=O)O. The fraction of sp³-hybridized carbons (Fsp3) is 0.286. The molecule has 0 saturated carbocycles. The molecule has 36 heavy (non-hydrogen) atoms. The molecule has 194 valence electrons. The number of carbonyl (C=O) groups is 4. The van der Waals surface area contributed by atoms with E-state index in [2.05, 4.69) is 6.58 Å². The third-order valence-electron chi connectivity index (χ3n) is 4.23. The van der Waals surface area contributed by atoms with Gasteiger partial charge < -0.3 is 19.7 Å². The zero-order valence-electron chi connectivity index (χ0n) is 20.7. The van der Waals surface area contributed by atoms with E-state index < -0.39 is 23.9 Å². The average molecular weight is 499 g/mol. The van der Waals surface area contributed by atoms with E-state index in [0.717, 1.165) is 25.7 Å². The van der Waals surface area contributed by atoms with Crippen LogP contribution in [0.2, 0.25) is 0 Å². The van der Waals surface area contributed by atoms with Crippen LogP contribution in [-0.2, 0) is 19.1 Å². The highest BCUT2D eigenvalue weighted by atomic mass is 16.5. The van der Waals surface area contributed by atoms with Crippen molar-refractivity contribution in [3.8, 4) is 0 Å². The van der Waals surface area contributed by atoms with Crippen LogP contribution in [-0.4, -0.2) is 47.3 Å². The molecular weight excluding hydrogens is 464 g/mol. The predicted octanol–water partition coefficient (Wildman–Crippen LogP) is 5.64. The highest BCUT2D eigenvalue weighted by Crippen LogP contribution is 2.12. The van der Waals surface area contributed by atoms with Gasteiger partial charge in [0.2, 0.25) is 0 Å². The largest absolute Gasteiger partial charge is 0.478 e. The van der Waals surface area contributed by atoms with E-state index in [0.29, 0.717) is 25.4 Å². The van der Waals surface area contributed by atoms with Crippen LogP contribution >= 0.6 is 0 Å². The molecular formula is C28H34O8. The number of aliphatic carboxylic acids is 2. The summed E-state index contributed by atoms with van der Waals surface area (Å²) >= 11 is 0. The van der Waals surface area contributed by atoms with Crippen LogP contribution in [0.4, 0.5) is 0 Å². The molecule has 2 aromatic carbocycles. The van der Waals surface area contributed by atoms with Crippen LogP contribution in [0.1, 0.15) is 65.8 Å². The second-order valence-corrected chi connectivity index (χ2v) is 7.15. The van der Waals surface area contributed by atoms with E-state index in [1.165, 1.54) is 5.56 Å². The number of hydrogen-bond acceptors (Lipinski definition) is 6. The molecule has 0 atom stereocenters. The Balaban J connectivity index is 0.000000625. The van der Waals surface area contributed by atoms with Gasteiger partial charge in [0.1, 0.15) is 0 Å². The molecule has 0 aliphatic rings. The van der Waals surface area contributed by atoms with Crippen molar-refractivity contribution in [2.75, 3.05) is 13.2 Å². The molecule has 2 aromatic rings. The van der Waals surface area contributed by atoms with Crippen molar-refractivity contribution in [1.82, 2.24) is 0 Å². The second kappa shape index (κ2) is 20.2. The summed E-state index contributed by atoms with van der Waals surface area (Å²) in [4.78, 5) is 43.0. The Morgan fingerprint density at radius 3 is 1.42 bits per heavy atom. The number of carboxylic acids is 2. The molecule has 0 aliphatic heterocycles. The maximum Gasteiger partial charge on any atom is 0.339 e. The van der Waals surface area contributed by atoms with Gasteiger partial charge in [-0.1, -0.05) is 81.8 Å². The number of esters is 2. The first kappa shape index (κ1) is 31.8. The fourth-order valence-electron chi connectivity index (χ4n) is 2.34. The lowest BCUT2D eigenvalue weighted by atomic mass is 10.1. The predicted molar refractivity (Wildman–Crippen MR) is 138 cm³/mol. The van der Waals surface area contributed by atoms with Crippen LogP contribution in [0, 0.1) is 0 Å². The first-order valence-corrected chi connectivity index (χ1v) is 11.5. The number of benzene rings is 2. The lowest BCUT2D eigenvalue weighted by molar-refractivity contribution is -0.134. The normalized spacial score (nSPS) is 9.61. The quantitative estimate of drug-likeness (QED) is 0.231. The summed E-state index contributed by atoms with van der Waals surface area (Å²) in [7, 11) is 0. The molecule has 2 N–H and O–H groups in total. The molecule has 8 nitrogen and oxygen atoms in total. The van der Waals surface area contributed by atoms with Crippen molar-refractivity contribution < 1.29 is 38.9 Å². The van der Waals surface area contributed by atoms with Gasteiger partial charge >= 0.3 is 23.9 Å². The Bertz CT molecular complexity index is 923. The van der Waals surface area contributed by atoms with Crippen molar-refractivity contribution in [3.63, 3.8) is 0 Å². The molecule has 0 heterocycles. The Morgan fingerprint density at radius 2 is 1.11 bits per heavy atom. The van der Waals surface area contributed by atoms with Gasteiger partial charge in [-0.2, -0.15) is 0 Å². The van der Waals surface area contributed by atoms with E-state index in [1.54, 1.807) is 24.3 Å². The smallest absolute Gasteiger partial charge is 0.339 e. The van der Waals surface area contributed by atoms with Crippen molar-refractivity contribution in [2.45, 2.75) is 39.5 Å². The summed E-state index contributed by atoms with van der Waals surface area (Å²) in [6.45, 7) is 8.41. The summed E-state index contributed by atoms with van der Waals surface area (Å²) in [5.41, 5.74) is 1.71. The third-order valence-corrected chi connectivity index (χ3v) is 4.23. The summed E-state index contributed by atoms with van der Waals surface area (Å²) in [6, 6.07) is 16.6. The van der Waals surface area contributed by atoms with E-state index >= 15 is 0 Å². The number of carboxylic acid groups (broad SMARTS) is 2. The van der Waals surface area contributed by atoms with Crippen LogP contribution in [0.3, 0.4) is 0 Å². The minimum atomic E-state index is -1.26. The lowest BCUT2D eigenvalue weighted by Crippen LogP contribution is -2.14. The number of rotatable bonds is 11. The maximum atomic E-state index is 11.9. The molecule has 0 spiro atoms. The molecule has 0 unspecified atom stereocenters. The van der Waals surface area contributed by atoms with Gasteiger partial charge in [-0.15, -0.1) is 0 Å². The highest BCUT2D eigenvalue weighted by Gasteiger charge is 2.18. The fourth-order valence-corrected chi connectivity index (χ4v) is 2.34. The van der Waals surface area contributed by atoms with Crippen molar-refractivity contribution >= 4 is 30.0 Å². The van der Waals surface area contributed by atoms with Gasteiger partial charge in [0.25, 0.3) is 0 Å². The average Bonchev–Trinajstić information content (AvgIpc) is 2.89. The van der Waals surface area contributed by atoms with Crippen LogP contribution in [0.5, 0.6) is 0 Å². The van der Waals surface area contributed by atoms with Gasteiger partial charge in [-0.3, -0.25) is 0 Å². The van der Waals surface area contributed by atoms with Crippen molar-refractivity contribution in [2.24, 2.45) is 0 Å². The van der Waals surface area contributed by atoms with Gasteiger partial charge in [-0.25, -0.2) is 19.2 Å². The summed E-state index contributed by atoms with van der Waals surface area (Å²) in [5.74, 6) is -3.46. The van der Waals surface area contributed by atoms with E-state index in [4.69, 9.17) is 19.7 Å². The molecule has 0 aliphatic carbocycles. The molecule has 0 amide bonds. The molecule has 0 bridgehead atoms. The van der Waals surface area contributed by atoms with Gasteiger partial charge in [-0.05, 0) is 30.5 Å². The van der Waals surface area contributed by atoms with Gasteiger partial charge in [0.15, 0.2) is 0 Å². The summed E-state index contributed by atoms with van der Waals surface area (Å²) in [6.07, 6.45) is 6.48. The zero-order chi connectivity index (χ0) is 27.2. The first-order chi connectivity index (χ1) is 17.3. The Hall–Kier alpha value is -4.20. The van der Waals surface area contributed by atoms with Gasteiger partial charge in [0.05, 0.1) is 24.3 Å². The molecule has 0 aromatic heterocycles. The Kier molecular flexibility index (Phi) is 17.8. The van der Waals surface area contributed by atoms with Gasteiger partial charge in [0, 0.05) is 12.2 Å². The number of carbonyl (C=O) groups excluding carboxylic acids is 2. The molecule has 0 fully saturated rings. The molecule has 0 saturated heterocycles. The molecule has 8 heteroatoms. The topological polar surface area (TPSA) is 127 Å². The van der Waals surface area contributed by atoms with Crippen molar-refractivity contribution in [3.05, 3.63) is 90.0 Å². The lowest BCUT2D eigenvalue weighted by Gasteiger charge is -2.09. The molecule has 2 rings (SSSR count). The minimum absolute atomic E-state index is 0.269. The summed E-state index contributed by atoms with van der Waals surface area (Å²) < 4.78 is 10.3. The van der Waals surface area contributed by atoms with E-state index in [9.17, 15) is 19.2 Å². The Morgan fingerprint density at radius 1 is 0.722 bits per heavy atom. The monoisotopic (exact) mass is 498 g/mol. The molecule has 0 radical (unpaired) electrons. The number of hydrogen-bond donors (Lipinski definition) is 2. The van der Waals surface area contributed by atoms with Crippen molar-refractivity contribution in [1.29, 1.82) is 0 Å². The zero-order valence-corrected chi connectivity index (χ0v) is 20.7.